The summed E-state index contributed by atoms with van der Waals surface area (Å²) in [6.07, 6.45) is 5.48. The Bertz CT molecular complexity index is 577. The van der Waals surface area contributed by atoms with Crippen LogP contribution in [0.15, 0.2) is 12.1 Å². The smallest absolute Gasteiger partial charge is 0.347 e. The van der Waals surface area contributed by atoms with Crippen molar-refractivity contribution in [3.8, 4) is 11.5 Å². The van der Waals surface area contributed by atoms with Crippen LogP contribution >= 0.6 is 0 Å². The second-order valence-corrected chi connectivity index (χ2v) is 6.21. The SMILES string of the molecule is CC(O)CCCC(=O)CCCCCc1cc(O)cc2c1C(=O)O2. The molecule has 0 aromatic heterocycles. The van der Waals surface area contributed by atoms with Crippen LogP contribution in [0.3, 0.4) is 0 Å². The maximum atomic E-state index is 11.7. The Morgan fingerprint density at radius 3 is 2.61 bits per heavy atom. The van der Waals surface area contributed by atoms with Gasteiger partial charge in [-0.25, -0.2) is 4.79 Å². The molecule has 0 spiro atoms. The molecule has 0 radical (unpaired) electrons. The largest absolute Gasteiger partial charge is 0.508 e. The molecule has 0 fully saturated rings. The van der Waals surface area contributed by atoms with Crippen LogP contribution in [0.5, 0.6) is 11.5 Å². The van der Waals surface area contributed by atoms with Crippen molar-refractivity contribution >= 4 is 11.8 Å². The Balaban J connectivity index is 1.65. The normalized spacial score (nSPS) is 13.9. The molecule has 126 valence electrons. The van der Waals surface area contributed by atoms with E-state index in [1.165, 1.54) is 6.07 Å². The van der Waals surface area contributed by atoms with Crippen molar-refractivity contribution in [2.45, 2.75) is 64.4 Å². The van der Waals surface area contributed by atoms with Crippen LogP contribution in [-0.2, 0) is 11.2 Å². The molecule has 23 heavy (non-hydrogen) atoms. The highest BCUT2D eigenvalue weighted by Crippen LogP contribution is 2.36. The third-order valence-electron chi connectivity index (χ3n) is 4.05. The lowest BCUT2D eigenvalue weighted by molar-refractivity contribution is -0.119. The first-order valence-corrected chi connectivity index (χ1v) is 8.25. The van der Waals surface area contributed by atoms with E-state index >= 15 is 0 Å². The van der Waals surface area contributed by atoms with E-state index in [-0.39, 0.29) is 23.6 Å². The number of Topliss-reactive ketones (excluding diaryl/α,β-unsaturated/α-hetero) is 1. The highest BCUT2D eigenvalue weighted by molar-refractivity contribution is 6.03. The van der Waals surface area contributed by atoms with Gasteiger partial charge in [-0.3, -0.25) is 4.79 Å². The number of esters is 1. The minimum absolute atomic E-state index is 0.111. The van der Waals surface area contributed by atoms with Gasteiger partial charge in [0.25, 0.3) is 0 Å². The molecular formula is C18H24O5. The number of ether oxygens (including phenoxy) is 1. The molecule has 2 rings (SSSR count). The third-order valence-corrected chi connectivity index (χ3v) is 4.05. The van der Waals surface area contributed by atoms with Crippen LogP contribution in [0.1, 0.15) is 67.8 Å². The second kappa shape index (κ2) is 8.11. The van der Waals surface area contributed by atoms with Crippen LogP contribution < -0.4 is 4.74 Å². The zero-order valence-corrected chi connectivity index (χ0v) is 13.5. The van der Waals surface area contributed by atoms with Gasteiger partial charge in [0, 0.05) is 18.9 Å². The fraction of sp³-hybridized carbons (Fsp3) is 0.556. The van der Waals surface area contributed by atoms with Crippen molar-refractivity contribution in [1.82, 2.24) is 0 Å². The Morgan fingerprint density at radius 2 is 1.91 bits per heavy atom. The first-order valence-electron chi connectivity index (χ1n) is 8.25. The summed E-state index contributed by atoms with van der Waals surface area (Å²) in [5.74, 6) is 0.483. The molecule has 2 N–H and O–H groups in total. The number of aliphatic hydroxyl groups excluding tert-OH is 1. The minimum atomic E-state index is -0.338. The number of phenols is 1. The van der Waals surface area contributed by atoms with Crippen molar-refractivity contribution in [2.24, 2.45) is 0 Å². The number of fused-ring (bicyclic) bond motifs is 1. The third kappa shape index (κ3) is 5.06. The number of rotatable bonds is 10. The first kappa shape index (κ1) is 17.5. The summed E-state index contributed by atoms with van der Waals surface area (Å²) in [5.41, 5.74) is 1.40. The number of carbonyl (C=O) groups excluding carboxylic acids is 2. The van der Waals surface area contributed by atoms with Crippen LogP contribution in [0.25, 0.3) is 0 Å². The molecule has 1 heterocycles. The lowest BCUT2D eigenvalue weighted by atomic mass is 9.97. The van der Waals surface area contributed by atoms with Gasteiger partial charge in [0.05, 0.1) is 6.10 Å². The molecule has 1 aliphatic heterocycles. The molecule has 1 atom stereocenters. The topological polar surface area (TPSA) is 83.8 Å². The fourth-order valence-electron chi connectivity index (χ4n) is 2.81. The highest BCUT2D eigenvalue weighted by atomic mass is 16.6. The zero-order chi connectivity index (χ0) is 16.8. The number of aromatic hydroxyl groups is 1. The van der Waals surface area contributed by atoms with Crippen molar-refractivity contribution in [2.75, 3.05) is 0 Å². The number of hydrogen-bond acceptors (Lipinski definition) is 5. The number of unbranched alkanes of at least 4 members (excludes halogenated alkanes) is 2. The summed E-state index contributed by atoms with van der Waals surface area (Å²) >= 11 is 0. The van der Waals surface area contributed by atoms with Gasteiger partial charge < -0.3 is 14.9 Å². The van der Waals surface area contributed by atoms with Crippen molar-refractivity contribution in [3.63, 3.8) is 0 Å². The highest BCUT2D eigenvalue weighted by Gasteiger charge is 2.30. The Morgan fingerprint density at radius 1 is 1.17 bits per heavy atom. The van der Waals surface area contributed by atoms with Crippen LogP contribution in [0.4, 0.5) is 0 Å². The van der Waals surface area contributed by atoms with Gasteiger partial charge in [0.2, 0.25) is 0 Å². The summed E-state index contributed by atoms with van der Waals surface area (Å²) in [5, 5.41) is 18.7. The molecule has 1 aromatic carbocycles. The molecule has 0 amide bonds. The summed E-state index contributed by atoms with van der Waals surface area (Å²) < 4.78 is 4.86. The molecule has 1 aliphatic rings. The molecule has 5 nitrogen and oxygen atoms in total. The minimum Gasteiger partial charge on any atom is -0.508 e. The summed E-state index contributed by atoms with van der Waals surface area (Å²) in [4.78, 5) is 23.1. The molecule has 0 saturated heterocycles. The molecule has 0 bridgehead atoms. The Labute approximate surface area is 136 Å². The van der Waals surface area contributed by atoms with E-state index in [1.54, 1.807) is 13.0 Å². The van der Waals surface area contributed by atoms with E-state index in [4.69, 9.17) is 9.84 Å². The number of aliphatic hydroxyl groups is 1. The van der Waals surface area contributed by atoms with Gasteiger partial charge in [-0.15, -0.1) is 0 Å². The zero-order valence-electron chi connectivity index (χ0n) is 13.5. The summed E-state index contributed by atoms with van der Waals surface area (Å²) in [7, 11) is 0. The molecule has 0 saturated carbocycles. The number of carbonyl (C=O) groups is 2. The van der Waals surface area contributed by atoms with E-state index in [9.17, 15) is 14.7 Å². The standard InChI is InChI=1S/C18H24O5/c1-12(19)6-5-9-14(20)8-4-2-3-7-13-10-15(21)11-16-17(13)18(22)23-16/h10-12,19,21H,2-9H2,1H3. The number of ketones is 1. The molecular weight excluding hydrogens is 296 g/mol. The van der Waals surface area contributed by atoms with E-state index in [2.05, 4.69) is 0 Å². The molecule has 0 aliphatic carbocycles. The van der Waals surface area contributed by atoms with Gasteiger partial charge >= 0.3 is 5.97 Å². The van der Waals surface area contributed by atoms with Gasteiger partial charge in [-0.2, -0.15) is 0 Å². The Kier molecular flexibility index (Phi) is 6.16. The van der Waals surface area contributed by atoms with Gasteiger partial charge in [-0.05, 0) is 50.7 Å². The average molecular weight is 320 g/mol. The quantitative estimate of drug-likeness (QED) is 0.511. The van der Waals surface area contributed by atoms with Crippen molar-refractivity contribution in [1.29, 1.82) is 0 Å². The predicted molar refractivity (Wildman–Crippen MR) is 85.8 cm³/mol. The van der Waals surface area contributed by atoms with Crippen molar-refractivity contribution < 1.29 is 24.5 Å². The van der Waals surface area contributed by atoms with Crippen molar-refractivity contribution in [3.05, 3.63) is 23.3 Å². The van der Waals surface area contributed by atoms with E-state index in [1.807, 2.05) is 0 Å². The number of hydrogen-bond donors (Lipinski definition) is 2. The van der Waals surface area contributed by atoms with Gasteiger partial charge in [0.15, 0.2) is 0 Å². The summed E-state index contributed by atoms with van der Waals surface area (Å²) in [6, 6.07) is 3.06. The number of benzene rings is 1. The van der Waals surface area contributed by atoms with Crippen LogP contribution in [0, 0.1) is 0 Å². The average Bonchev–Trinajstić information content (AvgIpc) is 2.45. The lowest BCUT2D eigenvalue weighted by Crippen LogP contribution is -2.23. The first-order chi connectivity index (χ1) is 11.0. The van der Waals surface area contributed by atoms with Gasteiger partial charge in [0.1, 0.15) is 22.8 Å². The molecule has 1 aromatic rings. The molecule has 5 heteroatoms. The maximum Gasteiger partial charge on any atom is 0.347 e. The van der Waals surface area contributed by atoms with E-state index in [0.29, 0.717) is 37.0 Å². The number of aryl methyl sites for hydroxylation is 1. The monoisotopic (exact) mass is 320 g/mol. The van der Waals surface area contributed by atoms with Crippen LogP contribution in [0.2, 0.25) is 0 Å². The Hall–Kier alpha value is -1.88. The van der Waals surface area contributed by atoms with Gasteiger partial charge in [-0.1, -0.05) is 6.42 Å². The lowest BCUT2D eigenvalue weighted by Gasteiger charge is -2.21. The number of phenolic OH excluding ortho intramolecular Hbond substituents is 1. The van der Waals surface area contributed by atoms with E-state index in [0.717, 1.165) is 31.2 Å². The van der Waals surface area contributed by atoms with E-state index < -0.39 is 0 Å². The van der Waals surface area contributed by atoms with Crippen LogP contribution in [-0.4, -0.2) is 28.1 Å². The fourth-order valence-corrected chi connectivity index (χ4v) is 2.81. The molecule has 1 unspecified atom stereocenters. The predicted octanol–water partition coefficient (Wildman–Crippen LogP) is 3.15. The summed E-state index contributed by atoms with van der Waals surface area (Å²) in [6.45, 7) is 1.73. The second-order valence-electron chi connectivity index (χ2n) is 6.21. The maximum absolute atomic E-state index is 11.7.